The maximum Gasteiger partial charge on any atom is 0.311 e. The highest BCUT2D eigenvalue weighted by Gasteiger charge is 2.34. The van der Waals surface area contributed by atoms with Crippen molar-refractivity contribution in [3.63, 3.8) is 0 Å². The van der Waals surface area contributed by atoms with Crippen LogP contribution in [0.3, 0.4) is 0 Å². The summed E-state index contributed by atoms with van der Waals surface area (Å²) < 4.78 is 23.4. The minimum atomic E-state index is -3.20. The van der Waals surface area contributed by atoms with Crippen LogP contribution in [0.2, 0.25) is 0 Å². The van der Waals surface area contributed by atoms with Crippen LogP contribution in [0, 0.1) is 5.41 Å². The summed E-state index contributed by atoms with van der Waals surface area (Å²) in [5.41, 5.74) is -0.0775. The topological polar surface area (TPSA) is 83.5 Å². The summed E-state index contributed by atoms with van der Waals surface area (Å²) >= 11 is 0. The van der Waals surface area contributed by atoms with E-state index in [4.69, 9.17) is 0 Å². The molecule has 0 saturated heterocycles. The zero-order valence-electron chi connectivity index (χ0n) is 12.7. The molecule has 0 spiro atoms. The lowest BCUT2D eigenvalue weighted by molar-refractivity contribution is -0.148. The first-order valence-electron chi connectivity index (χ1n) is 7.11. The summed E-state index contributed by atoms with van der Waals surface area (Å²) in [7, 11) is -3.20. The molecule has 1 rings (SSSR count). The molecule has 0 aliphatic rings. The molecule has 0 amide bonds. The quantitative estimate of drug-likeness (QED) is 0.771. The van der Waals surface area contributed by atoms with E-state index in [0.29, 0.717) is 19.4 Å². The van der Waals surface area contributed by atoms with Crippen LogP contribution < -0.4 is 5.32 Å². The summed E-state index contributed by atoms with van der Waals surface area (Å²) in [6.45, 7) is 5.63. The van der Waals surface area contributed by atoms with Gasteiger partial charge in [0, 0.05) is 12.2 Å². The Labute approximate surface area is 126 Å². The van der Waals surface area contributed by atoms with Gasteiger partial charge in [-0.05, 0) is 37.1 Å². The van der Waals surface area contributed by atoms with Crippen LogP contribution in [0.5, 0.6) is 0 Å². The zero-order valence-corrected chi connectivity index (χ0v) is 13.5. The van der Waals surface area contributed by atoms with E-state index < -0.39 is 21.2 Å². The summed E-state index contributed by atoms with van der Waals surface area (Å²) in [5.74, 6) is -0.752. The van der Waals surface area contributed by atoms with Crippen LogP contribution in [-0.4, -0.2) is 31.8 Å². The molecule has 5 nitrogen and oxygen atoms in total. The van der Waals surface area contributed by atoms with Gasteiger partial charge in [0.15, 0.2) is 9.84 Å². The van der Waals surface area contributed by atoms with Crippen molar-refractivity contribution < 1.29 is 18.3 Å². The van der Waals surface area contributed by atoms with Gasteiger partial charge in [0.1, 0.15) is 0 Å². The number of hydrogen-bond donors (Lipinski definition) is 2. The largest absolute Gasteiger partial charge is 0.481 e. The van der Waals surface area contributed by atoms with Gasteiger partial charge >= 0.3 is 5.97 Å². The van der Waals surface area contributed by atoms with Gasteiger partial charge in [-0.1, -0.05) is 20.8 Å². The fourth-order valence-electron chi connectivity index (χ4n) is 2.10. The first-order chi connectivity index (χ1) is 9.81. The van der Waals surface area contributed by atoms with E-state index in [0.717, 1.165) is 5.69 Å². The highest BCUT2D eigenvalue weighted by Crippen LogP contribution is 2.27. The van der Waals surface area contributed by atoms with Crippen molar-refractivity contribution in [2.24, 2.45) is 5.41 Å². The van der Waals surface area contributed by atoms with E-state index in [9.17, 15) is 18.3 Å². The molecule has 0 bridgehead atoms. The van der Waals surface area contributed by atoms with Crippen LogP contribution in [0.25, 0.3) is 0 Å². The van der Waals surface area contributed by atoms with Gasteiger partial charge in [-0.2, -0.15) is 0 Å². The fraction of sp³-hybridized carbons (Fsp3) is 0.533. The first kappa shape index (κ1) is 17.5. The Hall–Kier alpha value is -1.56. The lowest BCUT2D eigenvalue weighted by atomic mass is 9.82. The van der Waals surface area contributed by atoms with E-state index in [1.54, 1.807) is 31.2 Å². The lowest BCUT2D eigenvalue weighted by Crippen LogP contribution is -2.36. The number of hydrogen-bond acceptors (Lipinski definition) is 4. The predicted molar refractivity (Wildman–Crippen MR) is 83.3 cm³/mol. The third-order valence-corrected chi connectivity index (χ3v) is 5.78. The van der Waals surface area contributed by atoms with Gasteiger partial charge in [0.2, 0.25) is 0 Å². The Bertz CT molecular complexity index is 574. The number of anilines is 1. The molecular weight excluding hydrogens is 290 g/mol. The molecule has 0 saturated carbocycles. The smallest absolute Gasteiger partial charge is 0.311 e. The van der Waals surface area contributed by atoms with E-state index in [-0.39, 0.29) is 10.6 Å². The lowest BCUT2D eigenvalue weighted by Gasteiger charge is -2.27. The monoisotopic (exact) mass is 313 g/mol. The average Bonchev–Trinajstić information content (AvgIpc) is 2.49. The van der Waals surface area contributed by atoms with Gasteiger partial charge in [0.05, 0.1) is 16.1 Å². The average molecular weight is 313 g/mol. The minimum absolute atomic E-state index is 0.0631. The first-order valence-corrected chi connectivity index (χ1v) is 8.76. The van der Waals surface area contributed by atoms with Gasteiger partial charge in [-0.3, -0.25) is 4.79 Å². The molecule has 0 radical (unpaired) electrons. The molecule has 0 aliphatic carbocycles. The Morgan fingerprint density at radius 1 is 1.14 bits per heavy atom. The molecule has 118 valence electrons. The third kappa shape index (κ3) is 3.97. The molecule has 21 heavy (non-hydrogen) atoms. The number of carboxylic acid groups (broad SMARTS) is 1. The second kappa shape index (κ2) is 6.93. The molecule has 0 aromatic heterocycles. The molecule has 1 aromatic carbocycles. The van der Waals surface area contributed by atoms with Crippen molar-refractivity contribution in [1.29, 1.82) is 0 Å². The van der Waals surface area contributed by atoms with Gasteiger partial charge < -0.3 is 10.4 Å². The summed E-state index contributed by atoms with van der Waals surface area (Å²) in [6, 6.07) is 6.42. The van der Waals surface area contributed by atoms with Crippen molar-refractivity contribution in [3.05, 3.63) is 24.3 Å². The molecule has 0 heterocycles. The highest BCUT2D eigenvalue weighted by atomic mass is 32.2. The third-order valence-electron chi connectivity index (χ3n) is 4.03. The minimum Gasteiger partial charge on any atom is -0.481 e. The van der Waals surface area contributed by atoms with Crippen LogP contribution >= 0.6 is 0 Å². The van der Waals surface area contributed by atoms with Crippen molar-refractivity contribution in [2.75, 3.05) is 17.6 Å². The molecule has 2 N–H and O–H groups in total. The zero-order chi connectivity index (χ0) is 16.1. The van der Waals surface area contributed by atoms with Gasteiger partial charge in [0.25, 0.3) is 0 Å². The second-order valence-corrected chi connectivity index (χ2v) is 7.35. The molecular formula is C15H23NO4S. The number of sulfone groups is 1. The standard InChI is InChI=1S/C15H23NO4S/c1-4-15(5-2,14(17)18)11-16-12-7-9-13(10-8-12)21(19,20)6-3/h7-10,16H,4-6,11H2,1-3H3,(H,17,18). The summed E-state index contributed by atoms with van der Waals surface area (Å²) in [5, 5.41) is 12.5. The van der Waals surface area contributed by atoms with Crippen molar-refractivity contribution in [2.45, 2.75) is 38.5 Å². The maximum atomic E-state index is 11.7. The van der Waals surface area contributed by atoms with Crippen LogP contribution in [-0.2, 0) is 14.6 Å². The molecule has 1 aromatic rings. The second-order valence-electron chi connectivity index (χ2n) is 5.07. The normalized spacial score (nSPS) is 12.1. The van der Waals surface area contributed by atoms with Crippen molar-refractivity contribution in [3.8, 4) is 0 Å². The highest BCUT2D eigenvalue weighted by molar-refractivity contribution is 7.91. The van der Waals surface area contributed by atoms with Gasteiger partial charge in [-0.15, -0.1) is 0 Å². The number of carboxylic acids is 1. The molecule has 0 unspecified atom stereocenters. The van der Waals surface area contributed by atoms with E-state index >= 15 is 0 Å². The van der Waals surface area contributed by atoms with E-state index in [1.807, 2.05) is 13.8 Å². The van der Waals surface area contributed by atoms with Crippen LogP contribution in [0.15, 0.2) is 29.2 Å². The number of carbonyl (C=O) groups is 1. The maximum absolute atomic E-state index is 11.7. The molecule has 6 heteroatoms. The van der Waals surface area contributed by atoms with Gasteiger partial charge in [-0.25, -0.2) is 8.42 Å². The van der Waals surface area contributed by atoms with E-state index in [1.165, 1.54) is 0 Å². The molecule has 0 atom stereocenters. The van der Waals surface area contributed by atoms with Crippen LogP contribution in [0.1, 0.15) is 33.6 Å². The summed E-state index contributed by atoms with van der Waals surface area (Å²) in [6.07, 6.45) is 1.07. The number of benzene rings is 1. The van der Waals surface area contributed by atoms with Crippen LogP contribution in [0.4, 0.5) is 5.69 Å². The fourth-order valence-corrected chi connectivity index (χ4v) is 2.98. The Kier molecular flexibility index (Phi) is 5.78. The number of rotatable bonds is 8. The Morgan fingerprint density at radius 3 is 2.05 bits per heavy atom. The Balaban J connectivity index is 2.84. The predicted octanol–water partition coefficient (Wildman–Crippen LogP) is 2.78. The number of nitrogens with one attached hydrogen (secondary N) is 1. The Morgan fingerprint density at radius 2 is 1.67 bits per heavy atom. The van der Waals surface area contributed by atoms with E-state index in [2.05, 4.69) is 5.32 Å². The van der Waals surface area contributed by atoms with Crippen molar-refractivity contribution >= 4 is 21.5 Å². The number of aliphatic carboxylic acids is 1. The summed E-state index contributed by atoms with van der Waals surface area (Å²) in [4.78, 5) is 11.7. The van der Waals surface area contributed by atoms with Crippen molar-refractivity contribution in [1.82, 2.24) is 0 Å². The molecule has 0 aliphatic heterocycles. The molecule has 0 fully saturated rings. The SMILES string of the molecule is CCC(CC)(CNc1ccc(S(=O)(=O)CC)cc1)C(=O)O.